The zero-order chi connectivity index (χ0) is 18.4. The monoisotopic (exact) mass is 348 g/mol. The molecule has 2 rings (SSSR count). The normalized spacial score (nSPS) is 11.4. The molecule has 0 fully saturated rings. The van der Waals surface area contributed by atoms with Gasteiger partial charge >= 0.3 is 12.1 Å². The van der Waals surface area contributed by atoms with Gasteiger partial charge in [-0.3, -0.25) is 0 Å². The van der Waals surface area contributed by atoms with Gasteiger partial charge in [-0.2, -0.15) is 5.10 Å². The van der Waals surface area contributed by atoms with Gasteiger partial charge in [-0.15, -0.1) is 0 Å². The van der Waals surface area contributed by atoms with Crippen molar-refractivity contribution in [2.24, 2.45) is 0 Å². The molecule has 1 amide bonds. The molecule has 2 heterocycles. The molecule has 0 unspecified atom stereocenters. The maximum absolute atomic E-state index is 11.9. The molecular formula is C17H24N4O4. The van der Waals surface area contributed by atoms with Crippen LogP contribution in [0.5, 0.6) is 0 Å². The third kappa shape index (κ3) is 5.44. The van der Waals surface area contributed by atoms with Crippen molar-refractivity contribution in [3.05, 3.63) is 29.7 Å². The zero-order valence-corrected chi connectivity index (χ0v) is 15.0. The first-order valence-electron chi connectivity index (χ1n) is 8.27. The summed E-state index contributed by atoms with van der Waals surface area (Å²) in [6, 6.07) is 1.84. The highest BCUT2D eigenvalue weighted by molar-refractivity contribution is 5.95. The molecule has 0 aliphatic heterocycles. The molecule has 0 atom stereocenters. The van der Waals surface area contributed by atoms with Crippen LogP contribution in [0.25, 0.3) is 5.65 Å². The second kappa shape index (κ2) is 7.96. The lowest BCUT2D eigenvalue weighted by Gasteiger charge is -2.19. The third-order valence-corrected chi connectivity index (χ3v) is 3.20. The van der Waals surface area contributed by atoms with Crippen molar-refractivity contribution in [2.75, 3.05) is 13.2 Å². The molecule has 0 saturated carbocycles. The molecule has 25 heavy (non-hydrogen) atoms. The Labute approximate surface area is 146 Å². The fourth-order valence-corrected chi connectivity index (χ4v) is 2.17. The van der Waals surface area contributed by atoms with Crippen molar-refractivity contribution in [2.45, 2.75) is 46.1 Å². The predicted octanol–water partition coefficient (Wildman–Crippen LogP) is 2.36. The van der Waals surface area contributed by atoms with Gasteiger partial charge in [0, 0.05) is 18.4 Å². The lowest BCUT2D eigenvalue weighted by atomic mass is 10.2. The SMILES string of the molecule is CCOC(=O)c1cnn2ccc(CCCNC(=O)OC(C)(C)C)nc12. The number of fused-ring (bicyclic) bond motifs is 1. The fourth-order valence-electron chi connectivity index (χ4n) is 2.17. The van der Waals surface area contributed by atoms with E-state index >= 15 is 0 Å². The highest BCUT2D eigenvalue weighted by atomic mass is 16.6. The number of ether oxygens (including phenoxy) is 2. The first-order valence-corrected chi connectivity index (χ1v) is 8.27. The molecule has 2 aromatic rings. The Morgan fingerprint density at radius 1 is 1.32 bits per heavy atom. The highest BCUT2D eigenvalue weighted by Gasteiger charge is 2.16. The van der Waals surface area contributed by atoms with E-state index < -0.39 is 17.7 Å². The third-order valence-electron chi connectivity index (χ3n) is 3.20. The summed E-state index contributed by atoms with van der Waals surface area (Å²) in [6.45, 7) is 7.98. The Kier molecular flexibility index (Phi) is 5.95. The lowest BCUT2D eigenvalue weighted by molar-refractivity contribution is 0.0517. The van der Waals surface area contributed by atoms with Crippen LogP contribution in [-0.4, -0.2) is 45.4 Å². The molecule has 1 N–H and O–H groups in total. The topological polar surface area (TPSA) is 94.8 Å². The van der Waals surface area contributed by atoms with Crippen molar-refractivity contribution >= 4 is 17.7 Å². The van der Waals surface area contributed by atoms with Gasteiger partial charge in [0.05, 0.1) is 12.8 Å². The zero-order valence-electron chi connectivity index (χ0n) is 15.0. The summed E-state index contributed by atoms with van der Waals surface area (Å²) >= 11 is 0. The van der Waals surface area contributed by atoms with Gasteiger partial charge in [0.1, 0.15) is 11.2 Å². The van der Waals surface area contributed by atoms with Gasteiger partial charge < -0.3 is 14.8 Å². The number of hydrogen-bond donors (Lipinski definition) is 1. The number of nitrogens with zero attached hydrogens (tertiary/aromatic N) is 3. The van der Waals surface area contributed by atoms with Gasteiger partial charge in [-0.05, 0) is 46.6 Å². The van der Waals surface area contributed by atoms with Crippen LogP contribution in [0.3, 0.4) is 0 Å². The van der Waals surface area contributed by atoms with E-state index in [1.807, 2.05) is 26.8 Å². The van der Waals surface area contributed by atoms with E-state index in [4.69, 9.17) is 9.47 Å². The quantitative estimate of drug-likeness (QED) is 0.636. The molecule has 0 radical (unpaired) electrons. The minimum Gasteiger partial charge on any atom is -0.462 e. The number of rotatable bonds is 6. The number of carbonyl (C=O) groups is 2. The van der Waals surface area contributed by atoms with E-state index in [0.29, 0.717) is 37.2 Å². The fraction of sp³-hybridized carbons (Fsp3) is 0.529. The van der Waals surface area contributed by atoms with E-state index in [2.05, 4.69) is 15.4 Å². The van der Waals surface area contributed by atoms with Crippen LogP contribution in [0.4, 0.5) is 4.79 Å². The predicted molar refractivity (Wildman–Crippen MR) is 91.5 cm³/mol. The van der Waals surface area contributed by atoms with E-state index in [-0.39, 0.29) is 0 Å². The summed E-state index contributed by atoms with van der Waals surface area (Å²) < 4.78 is 11.7. The van der Waals surface area contributed by atoms with Crippen LogP contribution in [0.2, 0.25) is 0 Å². The standard InChI is InChI=1S/C17H24N4O4/c1-5-24-15(22)13-11-19-21-10-8-12(20-14(13)21)7-6-9-18-16(23)25-17(2,3)4/h8,10-11H,5-7,9H2,1-4H3,(H,18,23). The molecule has 0 aliphatic rings. The summed E-state index contributed by atoms with van der Waals surface area (Å²) in [6.07, 6.45) is 4.12. The van der Waals surface area contributed by atoms with Crippen LogP contribution in [0.1, 0.15) is 50.2 Å². The van der Waals surface area contributed by atoms with Gasteiger partial charge in [0.25, 0.3) is 0 Å². The summed E-state index contributed by atoms with van der Waals surface area (Å²) in [5.41, 5.74) is 1.11. The van der Waals surface area contributed by atoms with E-state index in [0.717, 1.165) is 5.69 Å². The van der Waals surface area contributed by atoms with Crippen molar-refractivity contribution < 1.29 is 19.1 Å². The number of aromatic nitrogens is 3. The summed E-state index contributed by atoms with van der Waals surface area (Å²) in [5.74, 6) is -0.436. The van der Waals surface area contributed by atoms with E-state index in [1.165, 1.54) is 10.7 Å². The van der Waals surface area contributed by atoms with Crippen LogP contribution >= 0.6 is 0 Å². The molecule has 0 saturated heterocycles. The van der Waals surface area contributed by atoms with Gasteiger partial charge in [-0.25, -0.2) is 19.1 Å². The Morgan fingerprint density at radius 2 is 2.08 bits per heavy atom. The number of amides is 1. The van der Waals surface area contributed by atoms with E-state index in [9.17, 15) is 9.59 Å². The summed E-state index contributed by atoms with van der Waals surface area (Å²) in [7, 11) is 0. The first kappa shape index (κ1) is 18.7. The molecule has 8 heteroatoms. The molecule has 0 spiro atoms. The highest BCUT2D eigenvalue weighted by Crippen LogP contribution is 2.11. The number of carbonyl (C=O) groups excluding carboxylic acids is 2. The van der Waals surface area contributed by atoms with Crippen molar-refractivity contribution in [3.63, 3.8) is 0 Å². The first-order chi connectivity index (χ1) is 11.8. The molecule has 8 nitrogen and oxygen atoms in total. The van der Waals surface area contributed by atoms with Crippen LogP contribution in [-0.2, 0) is 15.9 Å². The number of alkyl carbamates (subject to hydrolysis) is 1. The summed E-state index contributed by atoms with van der Waals surface area (Å²) in [4.78, 5) is 28.0. The minimum absolute atomic E-state index is 0.298. The average Bonchev–Trinajstić information content (AvgIpc) is 2.93. The van der Waals surface area contributed by atoms with Gasteiger partial charge in [0.2, 0.25) is 0 Å². The Balaban J connectivity index is 1.92. The molecule has 0 aliphatic carbocycles. The molecular weight excluding hydrogens is 324 g/mol. The van der Waals surface area contributed by atoms with Crippen LogP contribution in [0, 0.1) is 0 Å². The van der Waals surface area contributed by atoms with Crippen molar-refractivity contribution in [1.82, 2.24) is 19.9 Å². The molecule has 2 aromatic heterocycles. The minimum atomic E-state index is -0.512. The Morgan fingerprint density at radius 3 is 2.76 bits per heavy atom. The number of aryl methyl sites for hydroxylation is 1. The lowest BCUT2D eigenvalue weighted by Crippen LogP contribution is -2.33. The Bertz CT molecular complexity index is 749. The van der Waals surface area contributed by atoms with Gasteiger partial charge in [-0.1, -0.05) is 0 Å². The maximum Gasteiger partial charge on any atom is 0.407 e. The van der Waals surface area contributed by atoms with Crippen LogP contribution < -0.4 is 5.32 Å². The molecule has 0 aromatic carbocycles. The van der Waals surface area contributed by atoms with Crippen molar-refractivity contribution in [1.29, 1.82) is 0 Å². The maximum atomic E-state index is 11.9. The van der Waals surface area contributed by atoms with Crippen molar-refractivity contribution in [3.8, 4) is 0 Å². The number of nitrogens with one attached hydrogen (secondary N) is 1. The number of hydrogen-bond acceptors (Lipinski definition) is 6. The largest absolute Gasteiger partial charge is 0.462 e. The molecule has 0 bridgehead atoms. The second-order valence-electron chi connectivity index (χ2n) is 6.50. The second-order valence-corrected chi connectivity index (χ2v) is 6.50. The molecule has 136 valence electrons. The smallest absolute Gasteiger partial charge is 0.407 e. The van der Waals surface area contributed by atoms with Crippen LogP contribution in [0.15, 0.2) is 18.5 Å². The summed E-state index contributed by atoms with van der Waals surface area (Å²) in [5, 5.41) is 6.80. The van der Waals surface area contributed by atoms with E-state index in [1.54, 1.807) is 13.1 Å². The van der Waals surface area contributed by atoms with Gasteiger partial charge in [0.15, 0.2) is 5.65 Å². The average molecular weight is 348 g/mol. The number of esters is 1. The Hall–Kier alpha value is -2.64.